The summed E-state index contributed by atoms with van der Waals surface area (Å²) in [6.45, 7) is 4.90. The maximum atomic E-state index is 13.5. The molecule has 0 aliphatic heterocycles. The fraction of sp³-hybridized carbons (Fsp3) is 0.391. The van der Waals surface area contributed by atoms with Gasteiger partial charge in [-0.1, -0.05) is 24.3 Å². The molecule has 12 heteroatoms. The van der Waals surface area contributed by atoms with Gasteiger partial charge in [0.15, 0.2) is 0 Å². The van der Waals surface area contributed by atoms with E-state index >= 15 is 0 Å². The van der Waals surface area contributed by atoms with Gasteiger partial charge in [-0.05, 0) is 38.0 Å². The number of methoxy groups -OCH3 is 1. The number of aryl methyl sites for hydroxylation is 1. The average Bonchev–Trinajstić information content (AvgIpc) is 2.80. The molecule has 0 radical (unpaired) electrons. The van der Waals surface area contributed by atoms with Gasteiger partial charge in [0, 0.05) is 25.2 Å². The van der Waals surface area contributed by atoms with Crippen molar-refractivity contribution in [3.8, 4) is 5.75 Å². The van der Waals surface area contributed by atoms with Crippen LogP contribution in [0.25, 0.3) is 0 Å². The first-order valence-corrected chi connectivity index (χ1v) is 12.7. The minimum atomic E-state index is -4.08. The number of nitrogens with zero attached hydrogens (tertiary/aromatic N) is 3. The number of rotatable bonds is 11. The minimum absolute atomic E-state index is 0.0380. The van der Waals surface area contributed by atoms with Gasteiger partial charge in [-0.3, -0.25) is 24.0 Å². The molecule has 0 saturated heterocycles. The summed E-state index contributed by atoms with van der Waals surface area (Å²) >= 11 is 0. The van der Waals surface area contributed by atoms with Gasteiger partial charge < -0.3 is 15.0 Å². The lowest BCUT2D eigenvalue weighted by molar-refractivity contribution is -0.384. The van der Waals surface area contributed by atoms with E-state index in [-0.39, 0.29) is 23.7 Å². The van der Waals surface area contributed by atoms with Gasteiger partial charge in [0.2, 0.25) is 21.8 Å². The smallest absolute Gasteiger partial charge is 0.271 e. The number of hydrogen-bond donors (Lipinski definition) is 1. The number of sulfonamides is 1. The average molecular weight is 507 g/mol. The van der Waals surface area contributed by atoms with E-state index in [1.54, 1.807) is 19.9 Å². The number of carbonyl (C=O) groups excluding carboxylic acids is 2. The van der Waals surface area contributed by atoms with Crippen LogP contribution in [0.3, 0.4) is 0 Å². The Kier molecular flexibility index (Phi) is 9.18. The van der Waals surface area contributed by atoms with Crippen molar-refractivity contribution in [2.75, 3.05) is 30.8 Å². The molecule has 2 rings (SSSR count). The Morgan fingerprint density at radius 1 is 1.20 bits per heavy atom. The molecule has 0 aliphatic carbocycles. The fourth-order valence-corrected chi connectivity index (χ4v) is 4.30. The number of anilines is 1. The van der Waals surface area contributed by atoms with Crippen LogP contribution in [0.5, 0.6) is 5.75 Å². The van der Waals surface area contributed by atoms with Gasteiger partial charge in [-0.15, -0.1) is 0 Å². The molecule has 2 aromatic rings. The third kappa shape index (κ3) is 6.92. The second kappa shape index (κ2) is 11.6. The summed E-state index contributed by atoms with van der Waals surface area (Å²) in [5.41, 5.74) is 1.16. The highest BCUT2D eigenvalue weighted by Crippen LogP contribution is 2.33. The van der Waals surface area contributed by atoms with Gasteiger partial charge >= 0.3 is 0 Å². The molecule has 0 spiro atoms. The molecule has 0 saturated carbocycles. The van der Waals surface area contributed by atoms with Crippen molar-refractivity contribution in [1.82, 2.24) is 10.2 Å². The summed E-state index contributed by atoms with van der Waals surface area (Å²) in [7, 11) is -2.79. The van der Waals surface area contributed by atoms with Crippen LogP contribution in [0.15, 0.2) is 42.5 Å². The summed E-state index contributed by atoms with van der Waals surface area (Å²) in [6.07, 6.45) is 0.886. The second-order valence-electron chi connectivity index (χ2n) is 7.90. The minimum Gasteiger partial charge on any atom is -0.495 e. The summed E-state index contributed by atoms with van der Waals surface area (Å²) in [4.78, 5) is 38.0. The Morgan fingerprint density at radius 2 is 1.86 bits per heavy atom. The highest BCUT2D eigenvalue weighted by atomic mass is 32.2. The number of amides is 2. The maximum Gasteiger partial charge on any atom is 0.271 e. The third-order valence-electron chi connectivity index (χ3n) is 5.44. The van der Waals surface area contributed by atoms with Crippen LogP contribution >= 0.6 is 0 Å². The van der Waals surface area contributed by atoms with E-state index in [2.05, 4.69) is 5.32 Å². The summed E-state index contributed by atoms with van der Waals surface area (Å²) in [5.74, 6) is -1.02. The number of nitro groups is 1. The quantitative estimate of drug-likeness (QED) is 0.364. The predicted molar refractivity (Wildman–Crippen MR) is 132 cm³/mol. The van der Waals surface area contributed by atoms with Crippen molar-refractivity contribution in [3.63, 3.8) is 0 Å². The second-order valence-corrected chi connectivity index (χ2v) is 9.81. The lowest BCUT2D eigenvalue weighted by atomic mass is 10.1. The summed E-state index contributed by atoms with van der Waals surface area (Å²) in [5, 5.41) is 14.0. The Labute approximate surface area is 204 Å². The van der Waals surface area contributed by atoms with Gasteiger partial charge in [-0.2, -0.15) is 0 Å². The zero-order valence-electron chi connectivity index (χ0n) is 20.3. The van der Waals surface area contributed by atoms with E-state index in [1.165, 1.54) is 24.1 Å². The number of non-ortho nitro benzene ring substituents is 1. The zero-order chi connectivity index (χ0) is 26.3. The lowest BCUT2D eigenvalue weighted by Gasteiger charge is -2.32. The standard InChI is InChI=1S/C23H30N4O7S/c1-6-24-23(29)17(3)25(14-18-10-8-7-9-16(18)2)22(28)15-26(35(5,32)33)20-13-19(27(30)31)11-12-21(20)34-4/h7-13,17H,6,14-15H2,1-5H3,(H,24,29)/t17-/m1/s1. The van der Waals surface area contributed by atoms with E-state index in [0.29, 0.717) is 6.54 Å². The van der Waals surface area contributed by atoms with Gasteiger partial charge in [-0.25, -0.2) is 8.42 Å². The third-order valence-corrected chi connectivity index (χ3v) is 6.57. The molecule has 0 aliphatic rings. The van der Waals surface area contributed by atoms with Crippen LogP contribution in [0, 0.1) is 17.0 Å². The number of nitro benzene ring substituents is 1. The number of nitrogens with one attached hydrogen (secondary N) is 1. The van der Waals surface area contributed by atoms with E-state index in [0.717, 1.165) is 27.8 Å². The zero-order valence-corrected chi connectivity index (χ0v) is 21.2. The van der Waals surface area contributed by atoms with Crippen LogP contribution in [0.1, 0.15) is 25.0 Å². The maximum absolute atomic E-state index is 13.5. The van der Waals surface area contributed by atoms with Crippen LogP contribution in [-0.2, 0) is 26.2 Å². The number of ether oxygens (including phenoxy) is 1. The normalized spacial score (nSPS) is 11.9. The van der Waals surface area contributed by atoms with Crippen molar-refractivity contribution < 1.29 is 27.7 Å². The monoisotopic (exact) mass is 506 g/mol. The predicted octanol–water partition coefficient (Wildman–Crippen LogP) is 2.23. The Bertz CT molecular complexity index is 1200. The molecule has 0 heterocycles. The van der Waals surface area contributed by atoms with Gasteiger partial charge in [0.25, 0.3) is 5.69 Å². The highest BCUT2D eigenvalue weighted by Gasteiger charge is 2.32. The first-order valence-electron chi connectivity index (χ1n) is 10.8. The largest absolute Gasteiger partial charge is 0.495 e. The summed E-state index contributed by atoms with van der Waals surface area (Å²) < 4.78 is 31.4. The van der Waals surface area contributed by atoms with E-state index in [4.69, 9.17) is 4.74 Å². The molecule has 0 unspecified atom stereocenters. The highest BCUT2D eigenvalue weighted by molar-refractivity contribution is 7.92. The fourth-order valence-electron chi connectivity index (χ4n) is 3.46. The molecule has 1 atom stereocenters. The van der Waals surface area contributed by atoms with Crippen molar-refractivity contribution in [3.05, 3.63) is 63.7 Å². The number of hydrogen-bond acceptors (Lipinski definition) is 7. The Morgan fingerprint density at radius 3 is 2.40 bits per heavy atom. The molecule has 11 nitrogen and oxygen atoms in total. The van der Waals surface area contributed by atoms with Crippen molar-refractivity contribution >= 4 is 33.2 Å². The molecule has 0 fully saturated rings. The molecule has 190 valence electrons. The van der Waals surface area contributed by atoms with Crippen molar-refractivity contribution in [1.29, 1.82) is 0 Å². The topological polar surface area (TPSA) is 139 Å². The van der Waals surface area contributed by atoms with Crippen LogP contribution in [0.2, 0.25) is 0 Å². The van der Waals surface area contributed by atoms with Crippen LogP contribution in [0.4, 0.5) is 11.4 Å². The van der Waals surface area contributed by atoms with Gasteiger partial charge in [0.1, 0.15) is 24.0 Å². The van der Waals surface area contributed by atoms with Crippen molar-refractivity contribution in [2.24, 2.45) is 0 Å². The Hall–Kier alpha value is -3.67. The van der Waals surface area contributed by atoms with Crippen LogP contribution < -0.4 is 14.4 Å². The first-order chi connectivity index (χ1) is 16.4. The van der Waals surface area contributed by atoms with E-state index < -0.39 is 39.3 Å². The van der Waals surface area contributed by atoms with E-state index in [1.807, 2.05) is 25.1 Å². The molecular formula is C23H30N4O7S. The molecule has 2 amide bonds. The Balaban J connectivity index is 2.53. The summed E-state index contributed by atoms with van der Waals surface area (Å²) in [6, 6.07) is 9.90. The van der Waals surface area contributed by atoms with Crippen LogP contribution in [-0.4, -0.2) is 62.6 Å². The number of benzene rings is 2. The molecule has 35 heavy (non-hydrogen) atoms. The van der Waals surface area contributed by atoms with Crippen molar-refractivity contribution in [2.45, 2.75) is 33.4 Å². The molecule has 0 bridgehead atoms. The number of carbonyl (C=O) groups is 2. The first kappa shape index (κ1) is 27.6. The lowest BCUT2D eigenvalue weighted by Crippen LogP contribution is -2.51. The SMILES string of the molecule is CCNC(=O)[C@@H](C)N(Cc1ccccc1C)C(=O)CN(c1cc([N+](=O)[O-])ccc1OC)S(C)(=O)=O. The number of likely N-dealkylation sites (N-methyl/N-ethyl adjacent to an activating group) is 1. The molecule has 0 aromatic heterocycles. The molecule has 1 N–H and O–H groups in total. The molecule has 2 aromatic carbocycles. The van der Waals surface area contributed by atoms with Gasteiger partial charge in [0.05, 0.1) is 18.3 Å². The molecular weight excluding hydrogens is 476 g/mol. The van der Waals surface area contributed by atoms with E-state index in [9.17, 15) is 28.1 Å².